The Morgan fingerprint density at radius 1 is 0.900 bits per heavy atom. The van der Waals surface area contributed by atoms with E-state index >= 15 is 0 Å². The number of amides is 1. The molecule has 3 aromatic carbocycles. The van der Waals surface area contributed by atoms with Gasteiger partial charge in [-0.15, -0.1) is 22.7 Å². The van der Waals surface area contributed by atoms with E-state index in [1.807, 2.05) is 48.5 Å². The Morgan fingerprint density at radius 2 is 1.63 bits per heavy atom. The van der Waals surface area contributed by atoms with E-state index in [1.165, 1.54) is 22.7 Å². The van der Waals surface area contributed by atoms with Crippen LogP contribution in [0.3, 0.4) is 0 Å². The zero-order valence-corrected chi connectivity index (χ0v) is 19.0. The number of aromatic nitrogens is 1. The first-order chi connectivity index (χ1) is 14.5. The molecule has 0 unspecified atom stereocenters. The number of hydrogen-bond donors (Lipinski definition) is 1. The van der Waals surface area contributed by atoms with Crippen molar-refractivity contribution in [3.63, 3.8) is 0 Å². The summed E-state index contributed by atoms with van der Waals surface area (Å²) in [7, 11) is 0. The van der Waals surface area contributed by atoms with E-state index in [0.717, 1.165) is 25.3 Å². The zero-order valence-electron chi connectivity index (χ0n) is 15.1. The van der Waals surface area contributed by atoms with E-state index in [4.69, 9.17) is 34.8 Å². The maximum atomic E-state index is 13.1. The van der Waals surface area contributed by atoms with Crippen molar-refractivity contribution in [1.29, 1.82) is 0 Å². The monoisotopic (exact) mass is 488 g/mol. The topological polar surface area (TPSA) is 42.0 Å². The van der Waals surface area contributed by atoms with Crippen molar-refractivity contribution in [3.8, 4) is 10.6 Å². The van der Waals surface area contributed by atoms with Gasteiger partial charge in [-0.2, -0.15) is 0 Å². The summed E-state index contributed by atoms with van der Waals surface area (Å²) in [6.07, 6.45) is 0. The van der Waals surface area contributed by atoms with Gasteiger partial charge in [0.25, 0.3) is 5.91 Å². The lowest BCUT2D eigenvalue weighted by molar-refractivity contribution is 0.103. The standard InChI is InChI=1S/C22H11Cl3N2OS2/c23-11-9-13(22-26-15-6-2-4-8-17(15)30-22)19(14(24)10-11)27-21(28)20-18(25)12-5-1-3-7-16(12)29-20/h1-10H,(H,27,28). The Labute approximate surface area is 194 Å². The highest BCUT2D eigenvalue weighted by molar-refractivity contribution is 7.22. The minimum Gasteiger partial charge on any atom is -0.319 e. The van der Waals surface area contributed by atoms with Crippen LogP contribution in [-0.4, -0.2) is 10.9 Å². The zero-order chi connectivity index (χ0) is 20.8. The summed E-state index contributed by atoms with van der Waals surface area (Å²) in [6, 6.07) is 18.8. The van der Waals surface area contributed by atoms with Crippen LogP contribution in [0.1, 0.15) is 9.67 Å². The average Bonchev–Trinajstić information content (AvgIpc) is 3.31. The second-order valence-corrected chi connectivity index (χ2v) is 9.80. The highest BCUT2D eigenvalue weighted by Gasteiger charge is 2.21. The molecule has 30 heavy (non-hydrogen) atoms. The van der Waals surface area contributed by atoms with Crippen molar-refractivity contribution in [2.75, 3.05) is 5.32 Å². The van der Waals surface area contributed by atoms with E-state index in [9.17, 15) is 4.79 Å². The number of nitrogens with one attached hydrogen (secondary N) is 1. The summed E-state index contributed by atoms with van der Waals surface area (Å²) in [5.41, 5.74) is 2.00. The van der Waals surface area contributed by atoms with Crippen LogP contribution in [0.2, 0.25) is 15.1 Å². The van der Waals surface area contributed by atoms with Crippen molar-refractivity contribution in [2.45, 2.75) is 0 Å². The number of carbonyl (C=O) groups excluding carboxylic acids is 1. The smallest absolute Gasteiger partial charge is 0.267 e. The second kappa shape index (κ2) is 7.84. The highest BCUT2D eigenvalue weighted by atomic mass is 35.5. The molecule has 0 radical (unpaired) electrons. The van der Waals surface area contributed by atoms with Gasteiger partial charge in [0, 0.05) is 20.7 Å². The molecule has 3 nitrogen and oxygen atoms in total. The molecule has 5 rings (SSSR count). The van der Waals surface area contributed by atoms with Gasteiger partial charge in [-0.25, -0.2) is 4.98 Å². The molecule has 8 heteroatoms. The molecule has 0 fully saturated rings. The average molecular weight is 490 g/mol. The summed E-state index contributed by atoms with van der Waals surface area (Å²) in [5.74, 6) is -0.326. The SMILES string of the molecule is O=C(Nc1c(Cl)cc(Cl)cc1-c1nc2ccccc2s1)c1sc2ccccc2c1Cl. The molecule has 0 aliphatic heterocycles. The molecule has 0 saturated heterocycles. The summed E-state index contributed by atoms with van der Waals surface area (Å²) < 4.78 is 1.98. The third kappa shape index (κ3) is 3.47. The van der Waals surface area contributed by atoms with E-state index in [0.29, 0.717) is 31.2 Å². The number of thiazole rings is 1. The highest BCUT2D eigenvalue weighted by Crippen LogP contribution is 2.41. The Balaban J connectivity index is 1.60. The fraction of sp³-hybridized carbons (Fsp3) is 0. The number of anilines is 1. The largest absolute Gasteiger partial charge is 0.319 e. The van der Waals surface area contributed by atoms with Crippen molar-refractivity contribution in [3.05, 3.63) is 80.6 Å². The fourth-order valence-electron chi connectivity index (χ4n) is 3.19. The van der Waals surface area contributed by atoms with Crippen molar-refractivity contribution >= 4 is 89.4 Å². The number of fused-ring (bicyclic) bond motifs is 2. The number of halogens is 3. The van der Waals surface area contributed by atoms with Crippen LogP contribution in [0, 0.1) is 0 Å². The van der Waals surface area contributed by atoms with Gasteiger partial charge in [-0.1, -0.05) is 65.1 Å². The quantitative estimate of drug-likeness (QED) is 0.276. The van der Waals surface area contributed by atoms with Crippen LogP contribution in [0.15, 0.2) is 60.7 Å². The van der Waals surface area contributed by atoms with E-state index in [2.05, 4.69) is 10.3 Å². The molecule has 2 heterocycles. The lowest BCUT2D eigenvalue weighted by Crippen LogP contribution is -2.12. The Morgan fingerprint density at radius 3 is 2.40 bits per heavy atom. The molecule has 1 N–H and O–H groups in total. The van der Waals surface area contributed by atoms with Gasteiger partial charge in [0.05, 0.1) is 25.9 Å². The number of nitrogens with zero attached hydrogens (tertiary/aromatic N) is 1. The minimum atomic E-state index is -0.326. The number of hydrogen-bond acceptors (Lipinski definition) is 4. The summed E-state index contributed by atoms with van der Waals surface area (Å²) in [5, 5.41) is 5.73. The van der Waals surface area contributed by atoms with Crippen molar-refractivity contribution in [1.82, 2.24) is 4.98 Å². The van der Waals surface area contributed by atoms with Crippen molar-refractivity contribution in [2.24, 2.45) is 0 Å². The van der Waals surface area contributed by atoms with Gasteiger partial charge >= 0.3 is 0 Å². The molecule has 0 aliphatic rings. The third-order valence-electron chi connectivity index (χ3n) is 4.56. The van der Waals surface area contributed by atoms with E-state index < -0.39 is 0 Å². The van der Waals surface area contributed by atoms with E-state index in [-0.39, 0.29) is 5.91 Å². The van der Waals surface area contributed by atoms with Crippen LogP contribution in [-0.2, 0) is 0 Å². The van der Waals surface area contributed by atoms with Crippen molar-refractivity contribution < 1.29 is 4.79 Å². The number of benzene rings is 3. The van der Waals surface area contributed by atoms with Crippen LogP contribution >= 0.6 is 57.5 Å². The van der Waals surface area contributed by atoms with Gasteiger partial charge < -0.3 is 5.32 Å². The minimum absolute atomic E-state index is 0.326. The first kappa shape index (κ1) is 19.8. The molecular formula is C22H11Cl3N2OS2. The van der Waals surface area contributed by atoms with Crippen LogP contribution in [0.25, 0.3) is 30.9 Å². The molecule has 0 spiro atoms. The number of carbonyl (C=O) groups is 1. The third-order valence-corrected chi connectivity index (χ3v) is 7.82. The molecule has 0 atom stereocenters. The Bertz CT molecular complexity index is 1410. The van der Waals surface area contributed by atoms with Gasteiger partial charge in [0.15, 0.2) is 0 Å². The van der Waals surface area contributed by atoms with Gasteiger partial charge in [-0.05, 0) is 30.3 Å². The summed E-state index contributed by atoms with van der Waals surface area (Å²) >= 11 is 22.1. The normalized spacial score (nSPS) is 11.3. The lowest BCUT2D eigenvalue weighted by Gasteiger charge is -2.12. The van der Waals surface area contributed by atoms with Gasteiger partial charge in [-0.3, -0.25) is 4.79 Å². The van der Waals surface area contributed by atoms with Crippen LogP contribution in [0.4, 0.5) is 5.69 Å². The first-order valence-electron chi connectivity index (χ1n) is 8.84. The number of rotatable bonds is 3. The molecule has 1 amide bonds. The lowest BCUT2D eigenvalue weighted by atomic mass is 10.1. The van der Waals surface area contributed by atoms with Gasteiger partial charge in [0.1, 0.15) is 9.88 Å². The Kier molecular flexibility index (Phi) is 5.17. The van der Waals surface area contributed by atoms with E-state index in [1.54, 1.807) is 12.1 Å². The molecular weight excluding hydrogens is 479 g/mol. The molecule has 5 aromatic rings. The predicted octanol–water partition coefficient (Wildman–Crippen LogP) is 8.39. The first-order valence-corrected chi connectivity index (χ1v) is 11.6. The fourth-order valence-corrected chi connectivity index (χ4v) is 6.13. The second-order valence-electron chi connectivity index (χ2n) is 6.49. The number of thiophene rings is 1. The molecule has 0 saturated carbocycles. The molecule has 0 bridgehead atoms. The van der Waals surface area contributed by atoms with Crippen LogP contribution in [0.5, 0.6) is 0 Å². The summed E-state index contributed by atoms with van der Waals surface area (Å²) in [6.45, 7) is 0. The molecule has 148 valence electrons. The van der Waals surface area contributed by atoms with Gasteiger partial charge in [0.2, 0.25) is 0 Å². The summed E-state index contributed by atoms with van der Waals surface area (Å²) in [4.78, 5) is 18.2. The molecule has 0 aliphatic carbocycles. The maximum absolute atomic E-state index is 13.1. The number of para-hydroxylation sites is 1. The van der Waals surface area contributed by atoms with Crippen LogP contribution < -0.4 is 5.32 Å². The maximum Gasteiger partial charge on any atom is 0.267 e. The molecule has 2 aromatic heterocycles. The predicted molar refractivity (Wildman–Crippen MR) is 130 cm³/mol. The Hall–Kier alpha value is -2.15.